The minimum Gasteiger partial charge on any atom is -0.488 e. The summed E-state index contributed by atoms with van der Waals surface area (Å²) in [6.45, 7) is 1.84. The molecule has 3 aromatic rings. The summed E-state index contributed by atoms with van der Waals surface area (Å²) in [7, 11) is 0. The number of H-pyrrole nitrogens is 1. The minimum absolute atomic E-state index is 0.202. The third-order valence-corrected chi connectivity index (χ3v) is 4.57. The lowest BCUT2D eigenvalue weighted by Gasteiger charge is -2.20. The molecule has 5 nitrogen and oxygen atoms in total. The third-order valence-electron chi connectivity index (χ3n) is 4.35. The van der Waals surface area contributed by atoms with Crippen molar-refractivity contribution < 1.29 is 9.84 Å². The smallest absolute Gasteiger partial charge is 0.255 e. The molecule has 0 saturated heterocycles. The predicted molar refractivity (Wildman–Crippen MR) is 106 cm³/mol. The van der Waals surface area contributed by atoms with Gasteiger partial charge in [0.1, 0.15) is 11.9 Å². The van der Waals surface area contributed by atoms with Crippen LogP contribution in [0.5, 0.6) is 5.75 Å². The van der Waals surface area contributed by atoms with Crippen molar-refractivity contribution in [3.8, 4) is 16.9 Å². The fraction of sp³-hybridized carbons (Fsp3) is 0.238. The number of benzene rings is 1. The lowest BCUT2D eigenvalue weighted by Crippen LogP contribution is -2.29. The molecule has 1 aromatic carbocycles. The molecule has 0 spiro atoms. The van der Waals surface area contributed by atoms with E-state index in [1.165, 1.54) is 6.20 Å². The van der Waals surface area contributed by atoms with Crippen LogP contribution in [-0.2, 0) is 6.42 Å². The Morgan fingerprint density at radius 3 is 2.74 bits per heavy atom. The molecule has 2 atom stereocenters. The number of nitrogens with zero attached hydrogens (tertiary/aromatic N) is 1. The van der Waals surface area contributed by atoms with Crippen LogP contribution in [0.1, 0.15) is 18.9 Å². The molecule has 0 amide bonds. The van der Waals surface area contributed by atoms with Gasteiger partial charge in [-0.25, -0.2) is 0 Å². The molecule has 2 heterocycles. The number of halogens is 1. The average Bonchev–Trinajstić information content (AvgIpc) is 2.69. The van der Waals surface area contributed by atoms with E-state index in [-0.39, 0.29) is 11.7 Å². The van der Waals surface area contributed by atoms with E-state index in [0.717, 1.165) is 17.5 Å². The number of hydrogen-bond donors (Lipinski definition) is 2. The fourth-order valence-corrected chi connectivity index (χ4v) is 2.94. The summed E-state index contributed by atoms with van der Waals surface area (Å²) >= 11 is 5.95. The highest BCUT2D eigenvalue weighted by Crippen LogP contribution is 2.23. The van der Waals surface area contributed by atoms with Crippen molar-refractivity contribution in [2.75, 3.05) is 0 Å². The van der Waals surface area contributed by atoms with Gasteiger partial charge in [-0.2, -0.15) is 0 Å². The van der Waals surface area contributed by atoms with Gasteiger partial charge in [0.25, 0.3) is 5.56 Å². The van der Waals surface area contributed by atoms with Crippen molar-refractivity contribution in [2.45, 2.75) is 32.0 Å². The summed E-state index contributed by atoms with van der Waals surface area (Å²) in [6, 6.07) is 12.6. The molecule has 2 aromatic heterocycles. The number of hydrogen-bond acceptors (Lipinski definition) is 4. The van der Waals surface area contributed by atoms with Crippen LogP contribution >= 0.6 is 11.6 Å². The van der Waals surface area contributed by atoms with E-state index in [1.807, 2.05) is 19.1 Å². The van der Waals surface area contributed by atoms with Gasteiger partial charge in [0.05, 0.1) is 11.1 Å². The van der Waals surface area contributed by atoms with E-state index in [9.17, 15) is 9.90 Å². The average molecular weight is 385 g/mol. The Morgan fingerprint density at radius 1 is 1.26 bits per heavy atom. The van der Waals surface area contributed by atoms with Crippen LogP contribution in [0.15, 0.2) is 65.8 Å². The Balaban J connectivity index is 1.60. The summed E-state index contributed by atoms with van der Waals surface area (Å²) < 4.78 is 5.83. The van der Waals surface area contributed by atoms with Crippen LogP contribution in [0, 0.1) is 0 Å². The van der Waals surface area contributed by atoms with E-state index in [0.29, 0.717) is 22.8 Å². The summed E-state index contributed by atoms with van der Waals surface area (Å²) in [5, 5.41) is 10.8. The second-order valence-corrected chi connectivity index (χ2v) is 6.81. The van der Waals surface area contributed by atoms with Crippen LogP contribution in [-0.4, -0.2) is 27.3 Å². The van der Waals surface area contributed by atoms with E-state index in [1.54, 1.807) is 42.7 Å². The zero-order valence-corrected chi connectivity index (χ0v) is 15.7. The number of pyridine rings is 2. The summed E-state index contributed by atoms with van der Waals surface area (Å²) in [6.07, 6.45) is 5.35. The number of aromatic amines is 1. The maximum absolute atomic E-state index is 11.9. The fourth-order valence-electron chi connectivity index (χ4n) is 2.77. The zero-order valence-electron chi connectivity index (χ0n) is 14.9. The monoisotopic (exact) mass is 384 g/mol. The first-order chi connectivity index (χ1) is 13.0. The van der Waals surface area contributed by atoms with Gasteiger partial charge in [-0.3, -0.25) is 9.78 Å². The lowest BCUT2D eigenvalue weighted by atomic mass is 10.1. The topological polar surface area (TPSA) is 75.2 Å². The first-order valence-electron chi connectivity index (χ1n) is 8.75. The highest BCUT2D eigenvalue weighted by Gasteiger charge is 2.16. The number of ether oxygens (including phenoxy) is 1. The first kappa shape index (κ1) is 19.1. The molecule has 3 rings (SSSR count). The predicted octanol–water partition coefficient (Wildman–Crippen LogP) is 3.85. The van der Waals surface area contributed by atoms with Crippen molar-refractivity contribution in [3.05, 3.63) is 82.0 Å². The highest BCUT2D eigenvalue weighted by atomic mass is 35.5. The molecule has 0 aliphatic heterocycles. The Kier molecular flexibility index (Phi) is 6.27. The molecule has 27 heavy (non-hydrogen) atoms. The van der Waals surface area contributed by atoms with Gasteiger partial charge >= 0.3 is 0 Å². The maximum atomic E-state index is 11.9. The van der Waals surface area contributed by atoms with Gasteiger partial charge in [0.2, 0.25) is 0 Å². The summed E-state index contributed by atoms with van der Waals surface area (Å²) in [5.41, 5.74) is 2.13. The number of aryl methyl sites for hydroxylation is 1. The molecule has 0 fully saturated rings. The lowest BCUT2D eigenvalue weighted by molar-refractivity contribution is 0.0420. The minimum atomic E-state index is -0.597. The number of rotatable bonds is 7. The zero-order chi connectivity index (χ0) is 19.2. The van der Waals surface area contributed by atoms with Gasteiger partial charge in [-0.15, -0.1) is 0 Å². The van der Waals surface area contributed by atoms with Crippen molar-refractivity contribution in [1.29, 1.82) is 0 Å². The van der Waals surface area contributed by atoms with Gasteiger partial charge in [-0.1, -0.05) is 29.8 Å². The number of aliphatic hydroxyl groups excluding tert-OH is 1. The van der Waals surface area contributed by atoms with E-state index >= 15 is 0 Å². The Hall–Kier alpha value is -2.63. The second-order valence-electron chi connectivity index (χ2n) is 6.38. The van der Waals surface area contributed by atoms with Crippen LogP contribution in [0.25, 0.3) is 11.1 Å². The number of aliphatic hydroxyl groups is 1. The van der Waals surface area contributed by atoms with Gasteiger partial charge in [0, 0.05) is 24.2 Å². The van der Waals surface area contributed by atoms with Crippen molar-refractivity contribution >= 4 is 11.6 Å². The standard InChI is InChI=1S/C21H21ClN2O3/c1-14(20(25)9-4-15-3-2-10-23-12-15)27-18-7-5-16(6-8-18)19-11-17(22)13-24-21(19)26/h2-3,5-8,10-14,20,25H,4,9H2,1H3,(H,24,26)/t14-,20+/m0/s1. The van der Waals surface area contributed by atoms with Crippen molar-refractivity contribution in [1.82, 2.24) is 9.97 Å². The molecule has 0 bridgehead atoms. The van der Waals surface area contributed by atoms with Crippen LogP contribution in [0.2, 0.25) is 5.02 Å². The Morgan fingerprint density at radius 2 is 2.04 bits per heavy atom. The van der Waals surface area contributed by atoms with Crippen LogP contribution in [0.3, 0.4) is 0 Å². The Bertz CT molecular complexity index is 926. The van der Waals surface area contributed by atoms with Crippen molar-refractivity contribution in [2.24, 2.45) is 0 Å². The van der Waals surface area contributed by atoms with E-state index < -0.39 is 6.10 Å². The Labute approximate surface area is 162 Å². The van der Waals surface area contributed by atoms with Gasteiger partial charge in [0.15, 0.2) is 0 Å². The molecule has 6 heteroatoms. The largest absolute Gasteiger partial charge is 0.488 e. The first-order valence-corrected chi connectivity index (χ1v) is 9.13. The molecule has 2 N–H and O–H groups in total. The maximum Gasteiger partial charge on any atom is 0.255 e. The molecular weight excluding hydrogens is 364 g/mol. The highest BCUT2D eigenvalue weighted by molar-refractivity contribution is 6.30. The van der Waals surface area contributed by atoms with E-state index in [4.69, 9.17) is 16.3 Å². The third kappa shape index (κ3) is 5.18. The molecular formula is C21H21ClN2O3. The van der Waals surface area contributed by atoms with Crippen molar-refractivity contribution in [3.63, 3.8) is 0 Å². The normalized spacial score (nSPS) is 13.1. The molecule has 0 aliphatic rings. The quantitative estimate of drug-likeness (QED) is 0.648. The molecule has 0 saturated carbocycles. The van der Waals surface area contributed by atoms with Gasteiger partial charge < -0.3 is 14.8 Å². The van der Waals surface area contributed by atoms with Crippen LogP contribution < -0.4 is 10.3 Å². The summed E-state index contributed by atoms with van der Waals surface area (Å²) in [4.78, 5) is 18.6. The SMILES string of the molecule is C[C@H](Oc1ccc(-c2cc(Cl)c[nH]c2=O)cc1)[C@H](O)CCc1cccnc1. The molecule has 0 radical (unpaired) electrons. The number of aromatic nitrogens is 2. The van der Waals surface area contributed by atoms with Gasteiger partial charge in [-0.05, 0) is 55.2 Å². The number of nitrogens with one attached hydrogen (secondary N) is 1. The summed E-state index contributed by atoms with van der Waals surface area (Å²) in [5.74, 6) is 0.630. The second kappa shape index (κ2) is 8.84. The van der Waals surface area contributed by atoms with Crippen LogP contribution in [0.4, 0.5) is 0 Å². The molecule has 0 aliphatic carbocycles. The molecule has 0 unspecified atom stereocenters. The van der Waals surface area contributed by atoms with E-state index in [2.05, 4.69) is 9.97 Å². The molecule has 140 valence electrons.